The first-order valence-electron chi connectivity index (χ1n) is 9.38. The van der Waals surface area contributed by atoms with Crippen LogP contribution in [0.25, 0.3) is 0 Å². The van der Waals surface area contributed by atoms with Gasteiger partial charge in [-0.2, -0.15) is 0 Å². The van der Waals surface area contributed by atoms with Gasteiger partial charge in [0.25, 0.3) is 5.91 Å². The zero-order chi connectivity index (χ0) is 19.8. The van der Waals surface area contributed by atoms with Crippen LogP contribution in [0.2, 0.25) is 0 Å². The molecule has 0 saturated heterocycles. The van der Waals surface area contributed by atoms with E-state index < -0.39 is 0 Å². The molecule has 0 radical (unpaired) electrons. The Bertz CT molecular complexity index is 859. The van der Waals surface area contributed by atoms with Crippen molar-refractivity contribution in [3.63, 3.8) is 0 Å². The van der Waals surface area contributed by atoms with E-state index in [-0.39, 0.29) is 29.8 Å². The third-order valence-corrected chi connectivity index (χ3v) is 4.96. The van der Waals surface area contributed by atoms with Crippen LogP contribution in [-0.2, 0) is 11.2 Å². The van der Waals surface area contributed by atoms with Crippen molar-refractivity contribution < 1.29 is 14.0 Å². The Kier molecular flexibility index (Phi) is 5.13. The average molecular weight is 368 g/mol. The van der Waals surface area contributed by atoms with Crippen molar-refractivity contribution in [3.05, 3.63) is 58.0 Å². The van der Waals surface area contributed by atoms with E-state index in [4.69, 9.17) is 4.42 Å². The summed E-state index contributed by atoms with van der Waals surface area (Å²) < 4.78 is 5.81. The van der Waals surface area contributed by atoms with E-state index in [1.165, 1.54) is 0 Å². The molecule has 0 bridgehead atoms. The van der Waals surface area contributed by atoms with Gasteiger partial charge >= 0.3 is 0 Å². The van der Waals surface area contributed by atoms with Crippen LogP contribution < -0.4 is 10.6 Å². The predicted octanol–water partition coefficient (Wildman–Crippen LogP) is 3.76. The van der Waals surface area contributed by atoms with Crippen LogP contribution in [0.4, 0.5) is 0 Å². The molecule has 5 heteroatoms. The second kappa shape index (κ2) is 7.22. The number of furan rings is 1. The van der Waals surface area contributed by atoms with Gasteiger partial charge in [-0.3, -0.25) is 9.59 Å². The molecule has 2 amide bonds. The lowest BCUT2D eigenvalue weighted by Crippen LogP contribution is -2.41. The molecular formula is C22H28N2O3. The molecule has 27 heavy (non-hydrogen) atoms. The third-order valence-electron chi connectivity index (χ3n) is 4.96. The Morgan fingerprint density at radius 2 is 1.78 bits per heavy atom. The predicted molar refractivity (Wildman–Crippen MR) is 105 cm³/mol. The summed E-state index contributed by atoms with van der Waals surface area (Å²) in [4.78, 5) is 24.8. The number of fused-ring (bicyclic) bond motifs is 1. The Balaban J connectivity index is 1.63. The summed E-state index contributed by atoms with van der Waals surface area (Å²) in [5.74, 6) is 1.38. The zero-order valence-electron chi connectivity index (χ0n) is 16.7. The van der Waals surface area contributed by atoms with Gasteiger partial charge in [-0.25, -0.2) is 0 Å². The first kappa shape index (κ1) is 19.2. The van der Waals surface area contributed by atoms with Crippen LogP contribution in [0.5, 0.6) is 0 Å². The van der Waals surface area contributed by atoms with E-state index in [2.05, 4.69) is 24.5 Å². The molecule has 1 aliphatic carbocycles. The van der Waals surface area contributed by atoms with Crippen LogP contribution in [0.3, 0.4) is 0 Å². The average Bonchev–Trinajstić information content (AvgIpc) is 2.90. The Labute approximate surface area is 160 Å². The van der Waals surface area contributed by atoms with Gasteiger partial charge in [-0.1, -0.05) is 31.0 Å². The molecule has 144 valence electrons. The van der Waals surface area contributed by atoms with Crippen molar-refractivity contribution in [3.8, 4) is 0 Å². The molecule has 0 fully saturated rings. The number of carbonyl (C=O) groups excluding carboxylic acids is 2. The first-order valence-corrected chi connectivity index (χ1v) is 9.38. The van der Waals surface area contributed by atoms with E-state index in [0.717, 1.165) is 41.1 Å². The molecule has 1 unspecified atom stereocenters. The number of hydrogen-bond acceptors (Lipinski definition) is 3. The summed E-state index contributed by atoms with van der Waals surface area (Å²) >= 11 is 0. The standard InChI is InChI=1S/C22H28N2O3/c1-13-6-14(2)8-16(7-13)21(26)23-12-20(25)24-18-10-22(4,5)11-19-17(18)9-15(3)27-19/h6-9,18H,10-12H2,1-5H3,(H,23,26)(H,24,25). The third kappa shape index (κ3) is 4.59. The van der Waals surface area contributed by atoms with Crippen molar-refractivity contribution in [2.45, 2.75) is 53.5 Å². The number of amides is 2. The maximum atomic E-state index is 12.5. The molecular weight excluding hydrogens is 340 g/mol. The SMILES string of the molecule is Cc1cc(C)cc(C(=O)NCC(=O)NC2CC(C)(C)Cc3oc(C)cc32)c1. The number of rotatable bonds is 4. The van der Waals surface area contributed by atoms with Gasteiger partial charge in [0.05, 0.1) is 12.6 Å². The number of hydrogen-bond donors (Lipinski definition) is 2. The van der Waals surface area contributed by atoms with E-state index >= 15 is 0 Å². The van der Waals surface area contributed by atoms with Crippen LogP contribution in [-0.4, -0.2) is 18.4 Å². The van der Waals surface area contributed by atoms with E-state index in [0.29, 0.717) is 5.56 Å². The lowest BCUT2D eigenvalue weighted by molar-refractivity contribution is -0.121. The Morgan fingerprint density at radius 1 is 1.11 bits per heavy atom. The highest BCUT2D eigenvalue weighted by atomic mass is 16.3. The summed E-state index contributed by atoms with van der Waals surface area (Å²) in [5, 5.41) is 5.78. The molecule has 3 rings (SSSR count). The van der Waals surface area contributed by atoms with Crippen molar-refractivity contribution in [1.29, 1.82) is 0 Å². The number of nitrogens with one attached hydrogen (secondary N) is 2. The van der Waals surface area contributed by atoms with Crippen LogP contribution in [0, 0.1) is 26.2 Å². The lowest BCUT2D eigenvalue weighted by atomic mass is 9.74. The largest absolute Gasteiger partial charge is 0.466 e. The molecule has 1 atom stereocenters. The van der Waals surface area contributed by atoms with Crippen molar-refractivity contribution >= 4 is 11.8 Å². The quantitative estimate of drug-likeness (QED) is 0.863. The topological polar surface area (TPSA) is 71.3 Å². The summed E-state index contributed by atoms with van der Waals surface area (Å²) in [6, 6.07) is 7.57. The van der Waals surface area contributed by atoms with E-state index in [1.807, 2.05) is 45.0 Å². The van der Waals surface area contributed by atoms with Gasteiger partial charge in [0.15, 0.2) is 0 Å². The smallest absolute Gasteiger partial charge is 0.251 e. The second-order valence-corrected chi connectivity index (χ2v) is 8.46. The first-order chi connectivity index (χ1) is 12.6. The fourth-order valence-electron chi connectivity index (χ4n) is 3.93. The minimum absolute atomic E-state index is 0.0467. The normalized spacial score (nSPS) is 17.9. The molecule has 1 aromatic carbocycles. The minimum atomic E-state index is -0.235. The fraction of sp³-hybridized carbons (Fsp3) is 0.455. The number of benzene rings is 1. The fourth-order valence-corrected chi connectivity index (χ4v) is 3.93. The lowest BCUT2D eigenvalue weighted by Gasteiger charge is -2.34. The van der Waals surface area contributed by atoms with Gasteiger partial charge in [0.1, 0.15) is 11.5 Å². The molecule has 5 nitrogen and oxygen atoms in total. The minimum Gasteiger partial charge on any atom is -0.466 e. The van der Waals surface area contributed by atoms with Gasteiger partial charge in [0, 0.05) is 17.5 Å². The Morgan fingerprint density at radius 3 is 2.44 bits per heavy atom. The van der Waals surface area contributed by atoms with Gasteiger partial charge in [-0.05, 0) is 50.8 Å². The maximum absolute atomic E-state index is 12.5. The van der Waals surface area contributed by atoms with Crippen molar-refractivity contribution in [1.82, 2.24) is 10.6 Å². The van der Waals surface area contributed by atoms with E-state index in [1.54, 1.807) is 0 Å². The molecule has 0 spiro atoms. The highest BCUT2D eigenvalue weighted by Gasteiger charge is 2.35. The number of carbonyl (C=O) groups is 2. The van der Waals surface area contributed by atoms with Gasteiger partial charge < -0.3 is 15.1 Å². The molecule has 1 heterocycles. The summed E-state index contributed by atoms with van der Waals surface area (Å²) in [5.41, 5.74) is 3.74. The Hall–Kier alpha value is -2.56. The maximum Gasteiger partial charge on any atom is 0.251 e. The second-order valence-electron chi connectivity index (χ2n) is 8.46. The number of aryl methyl sites for hydroxylation is 3. The molecule has 1 aliphatic rings. The van der Waals surface area contributed by atoms with Crippen LogP contribution >= 0.6 is 0 Å². The van der Waals surface area contributed by atoms with Gasteiger partial charge in [0.2, 0.25) is 5.91 Å². The van der Waals surface area contributed by atoms with E-state index in [9.17, 15) is 9.59 Å². The molecule has 1 aromatic heterocycles. The van der Waals surface area contributed by atoms with Gasteiger partial charge in [-0.15, -0.1) is 0 Å². The zero-order valence-corrected chi connectivity index (χ0v) is 16.7. The van der Waals surface area contributed by atoms with Crippen LogP contribution in [0.1, 0.15) is 64.9 Å². The highest BCUT2D eigenvalue weighted by molar-refractivity contribution is 5.96. The molecule has 0 saturated carbocycles. The molecule has 2 aromatic rings. The van der Waals surface area contributed by atoms with Crippen LogP contribution in [0.15, 0.2) is 28.7 Å². The summed E-state index contributed by atoms with van der Waals surface area (Å²) in [6.45, 7) is 10.1. The summed E-state index contributed by atoms with van der Waals surface area (Å²) in [7, 11) is 0. The van der Waals surface area contributed by atoms with Crippen molar-refractivity contribution in [2.75, 3.05) is 6.54 Å². The molecule has 2 N–H and O–H groups in total. The monoisotopic (exact) mass is 368 g/mol. The summed E-state index contributed by atoms with van der Waals surface area (Å²) in [6.07, 6.45) is 1.71. The van der Waals surface area contributed by atoms with Crippen molar-refractivity contribution in [2.24, 2.45) is 5.41 Å². The highest BCUT2D eigenvalue weighted by Crippen LogP contribution is 2.41. The molecule has 0 aliphatic heterocycles.